The van der Waals surface area contributed by atoms with Crippen molar-refractivity contribution in [2.24, 2.45) is 0 Å². The van der Waals surface area contributed by atoms with E-state index in [4.69, 9.17) is 14.7 Å². The lowest BCUT2D eigenvalue weighted by atomic mass is 9.86. The van der Waals surface area contributed by atoms with Crippen LogP contribution in [0.5, 0.6) is 11.5 Å². The molecule has 0 atom stereocenters. The minimum Gasteiger partial charge on any atom is -0.457 e. The molecule has 332 valence electrons. The number of fused-ring (bicyclic) bond motifs is 6. The SMILES string of the molecule is CC(C)(C)c1ccnc(-n2c3ccc(C(C)(C)C)cc3c3ccc(Oc4cccc(Nc5cc6nc7n(c6cc5Nc5c(-c6ccccc6)cccc5-c5ccccc5)CCCC7)c4)cc32)c1. The molecule has 0 radical (unpaired) electrons. The van der Waals surface area contributed by atoms with Gasteiger partial charge in [-0.25, -0.2) is 9.97 Å². The van der Waals surface area contributed by atoms with Crippen molar-refractivity contribution < 1.29 is 4.74 Å². The Hall–Kier alpha value is -7.64. The Kier molecular flexibility index (Phi) is 10.4. The number of anilines is 4. The molecule has 0 saturated carbocycles. The van der Waals surface area contributed by atoms with Gasteiger partial charge < -0.3 is 19.9 Å². The number of nitrogens with one attached hydrogen (secondary N) is 2. The van der Waals surface area contributed by atoms with E-state index in [1.54, 1.807) is 0 Å². The number of pyridine rings is 1. The van der Waals surface area contributed by atoms with E-state index in [9.17, 15) is 0 Å². The van der Waals surface area contributed by atoms with Crippen molar-refractivity contribution in [3.05, 3.63) is 187 Å². The van der Waals surface area contributed by atoms with Crippen LogP contribution in [0, 0.1) is 0 Å². The van der Waals surface area contributed by atoms with Gasteiger partial charge in [0.1, 0.15) is 23.1 Å². The lowest BCUT2D eigenvalue weighted by molar-refractivity contribution is 0.483. The molecule has 0 aliphatic carbocycles. The molecule has 1 aliphatic rings. The summed E-state index contributed by atoms with van der Waals surface area (Å²) < 4.78 is 11.5. The molecule has 0 saturated heterocycles. The second kappa shape index (κ2) is 16.7. The van der Waals surface area contributed by atoms with Crippen molar-refractivity contribution in [1.82, 2.24) is 19.1 Å². The molecule has 7 aromatic carbocycles. The average Bonchev–Trinajstić information content (AvgIpc) is 3.86. The molecule has 7 heteroatoms. The second-order valence-corrected chi connectivity index (χ2v) is 20.0. The van der Waals surface area contributed by atoms with Gasteiger partial charge in [0.05, 0.1) is 39.1 Å². The third-order valence-electron chi connectivity index (χ3n) is 13.3. The van der Waals surface area contributed by atoms with Crippen LogP contribution in [0.15, 0.2) is 170 Å². The minimum atomic E-state index is -0.0262. The summed E-state index contributed by atoms with van der Waals surface area (Å²) in [7, 11) is 0. The Morgan fingerprint density at radius 1 is 0.537 bits per heavy atom. The summed E-state index contributed by atoms with van der Waals surface area (Å²) in [5.74, 6) is 3.51. The molecule has 0 spiro atoms. The molecule has 0 amide bonds. The Labute approximate surface area is 393 Å². The summed E-state index contributed by atoms with van der Waals surface area (Å²) >= 11 is 0. The number of aryl methyl sites for hydroxylation is 2. The molecule has 67 heavy (non-hydrogen) atoms. The number of aromatic nitrogens is 4. The van der Waals surface area contributed by atoms with Crippen LogP contribution in [0.3, 0.4) is 0 Å². The Morgan fingerprint density at radius 2 is 1.22 bits per heavy atom. The highest BCUT2D eigenvalue weighted by molar-refractivity contribution is 6.10. The third-order valence-corrected chi connectivity index (χ3v) is 13.3. The van der Waals surface area contributed by atoms with Crippen molar-refractivity contribution in [2.75, 3.05) is 10.6 Å². The molecule has 2 N–H and O–H groups in total. The smallest absolute Gasteiger partial charge is 0.137 e. The van der Waals surface area contributed by atoms with Gasteiger partial charge in [0, 0.05) is 58.9 Å². The number of nitrogens with zero attached hydrogens (tertiary/aromatic N) is 4. The first kappa shape index (κ1) is 42.0. The first-order valence-electron chi connectivity index (χ1n) is 23.6. The fraction of sp³-hybridized carbons (Fsp3) is 0.200. The zero-order valence-corrected chi connectivity index (χ0v) is 39.2. The van der Waals surface area contributed by atoms with Crippen molar-refractivity contribution in [3.8, 4) is 39.6 Å². The highest BCUT2D eigenvalue weighted by atomic mass is 16.5. The number of hydrogen-bond acceptors (Lipinski definition) is 5. The number of rotatable bonds is 9. The maximum absolute atomic E-state index is 6.78. The third kappa shape index (κ3) is 8.09. The second-order valence-electron chi connectivity index (χ2n) is 20.0. The zero-order valence-electron chi connectivity index (χ0n) is 39.2. The lowest BCUT2D eigenvalue weighted by Crippen LogP contribution is -2.12. The van der Waals surface area contributed by atoms with E-state index < -0.39 is 0 Å². The van der Waals surface area contributed by atoms with E-state index in [0.717, 1.165) is 121 Å². The number of para-hydroxylation sites is 1. The summed E-state index contributed by atoms with van der Waals surface area (Å²) in [5, 5.41) is 10.2. The topological polar surface area (TPSA) is 68.9 Å². The largest absolute Gasteiger partial charge is 0.457 e. The summed E-state index contributed by atoms with van der Waals surface area (Å²) in [6.45, 7) is 14.5. The van der Waals surface area contributed by atoms with Gasteiger partial charge in [0.2, 0.25) is 0 Å². The summed E-state index contributed by atoms with van der Waals surface area (Å²) in [6.07, 6.45) is 5.22. The van der Waals surface area contributed by atoms with Crippen LogP contribution in [0.25, 0.3) is 60.9 Å². The van der Waals surface area contributed by atoms with Gasteiger partial charge in [0.15, 0.2) is 0 Å². The van der Waals surface area contributed by atoms with E-state index in [-0.39, 0.29) is 10.8 Å². The van der Waals surface area contributed by atoms with Gasteiger partial charge in [0.25, 0.3) is 0 Å². The molecule has 10 aromatic rings. The molecule has 1 aliphatic heterocycles. The molecule has 11 rings (SSSR count). The highest BCUT2D eigenvalue weighted by Gasteiger charge is 2.23. The zero-order chi connectivity index (χ0) is 45.9. The van der Waals surface area contributed by atoms with Crippen LogP contribution in [-0.4, -0.2) is 19.1 Å². The van der Waals surface area contributed by atoms with Crippen LogP contribution in [0.2, 0.25) is 0 Å². The molecular weight excluding hydrogens is 821 g/mol. The van der Waals surface area contributed by atoms with E-state index in [1.165, 1.54) is 16.5 Å². The number of hydrogen-bond donors (Lipinski definition) is 2. The monoisotopic (exact) mass is 876 g/mol. The van der Waals surface area contributed by atoms with Gasteiger partial charge in [-0.3, -0.25) is 4.57 Å². The van der Waals surface area contributed by atoms with Crippen LogP contribution in [-0.2, 0) is 23.8 Å². The maximum Gasteiger partial charge on any atom is 0.137 e. The first-order valence-corrected chi connectivity index (χ1v) is 23.6. The van der Waals surface area contributed by atoms with Gasteiger partial charge in [-0.1, -0.05) is 133 Å². The molecule has 0 bridgehead atoms. The molecular formula is C60H56N6O. The Bertz CT molecular complexity index is 3400. The van der Waals surface area contributed by atoms with E-state index in [1.807, 2.05) is 18.3 Å². The van der Waals surface area contributed by atoms with Crippen molar-refractivity contribution >= 4 is 55.6 Å². The minimum absolute atomic E-state index is 0.00747. The number of imidazole rings is 1. The van der Waals surface area contributed by atoms with Gasteiger partial charge in [-0.15, -0.1) is 0 Å². The highest BCUT2D eigenvalue weighted by Crippen LogP contribution is 2.43. The first-order chi connectivity index (χ1) is 32.4. The Morgan fingerprint density at radius 3 is 1.96 bits per heavy atom. The molecule has 0 fully saturated rings. The van der Waals surface area contributed by atoms with Gasteiger partial charge >= 0.3 is 0 Å². The number of ether oxygens (including phenoxy) is 1. The van der Waals surface area contributed by atoms with E-state index in [0.29, 0.717) is 0 Å². The summed E-state index contributed by atoms with van der Waals surface area (Å²) in [4.78, 5) is 10.1. The van der Waals surface area contributed by atoms with Crippen molar-refractivity contribution in [2.45, 2.75) is 78.2 Å². The van der Waals surface area contributed by atoms with E-state index in [2.05, 4.69) is 213 Å². The van der Waals surface area contributed by atoms with Gasteiger partial charge in [-0.05, 0) is 107 Å². The fourth-order valence-corrected chi connectivity index (χ4v) is 9.67. The Balaban J connectivity index is 0.988. The average molecular weight is 877 g/mol. The lowest BCUT2D eigenvalue weighted by Gasteiger charge is -2.21. The van der Waals surface area contributed by atoms with Crippen molar-refractivity contribution in [1.29, 1.82) is 0 Å². The summed E-state index contributed by atoms with van der Waals surface area (Å²) in [6, 6.07) is 58.2. The number of benzene rings is 7. The van der Waals surface area contributed by atoms with Crippen LogP contribution >= 0.6 is 0 Å². The quantitative estimate of drug-likeness (QED) is 0.151. The molecule has 3 aromatic heterocycles. The predicted octanol–water partition coefficient (Wildman–Crippen LogP) is 16.1. The molecule has 4 heterocycles. The maximum atomic E-state index is 6.78. The molecule has 0 unspecified atom stereocenters. The fourth-order valence-electron chi connectivity index (χ4n) is 9.67. The van der Waals surface area contributed by atoms with Crippen LogP contribution in [0.4, 0.5) is 22.7 Å². The standard InChI is InChI=1S/C60H56N6O/c1-59(2,3)41-26-29-53-49(33-41)48-28-27-45(36-54(48)66(53)57-34-42(30-31-61-57)60(4,5)6)67-44-22-15-21-43(35-44)62-50-37-52-55(65-32-14-13-25-56(65)63-52)38-51(50)64-58-46(39-17-9-7-10-18-39)23-16-24-47(58)40-19-11-8-12-20-40/h7-12,15-24,26-31,33-38,62,64H,13-14,25,32H2,1-6H3. The van der Waals surface area contributed by atoms with Crippen molar-refractivity contribution in [3.63, 3.8) is 0 Å². The van der Waals surface area contributed by atoms with Gasteiger partial charge in [-0.2, -0.15) is 0 Å². The predicted molar refractivity (Wildman–Crippen MR) is 279 cm³/mol. The van der Waals surface area contributed by atoms with Crippen LogP contribution < -0.4 is 15.4 Å². The van der Waals surface area contributed by atoms with Crippen LogP contribution in [0.1, 0.15) is 71.3 Å². The van der Waals surface area contributed by atoms with E-state index >= 15 is 0 Å². The normalized spacial score (nSPS) is 13.0. The summed E-state index contributed by atoms with van der Waals surface area (Å²) in [5.41, 5.74) is 15.2. The molecule has 7 nitrogen and oxygen atoms in total.